The summed E-state index contributed by atoms with van der Waals surface area (Å²) in [5.41, 5.74) is 0. The Labute approximate surface area is 72.0 Å². The standard InChI is InChI=1S/C8H11NOS/c1-2-5-10-8-4-3-7(11)6-9-8/h3-4,6,11H,2,5H2,1H3. The van der Waals surface area contributed by atoms with Crippen LogP contribution in [0.4, 0.5) is 0 Å². The topological polar surface area (TPSA) is 22.1 Å². The van der Waals surface area contributed by atoms with Crippen LogP contribution >= 0.6 is 12.6 Å². The Morgan fingerprint density at radius 3 is 2.91 bits per heavy atom. The van der Waals surface area contributed by atoms with Crippen molar-refractivity contribution in [1.29, 1.82) is 0 Å². The summed E-state index contributed by atoms with van der Waals surface area (Å²) in [7, 11) is 0. The van der Waals surface area contributed by atoms with Gasteiger partial charge in [0.25, 0.3) is 0 Å². The lowest BCUT2D eigenvalue weighted by Crippen LogP contribution is -1.96. The quantitative estimate of drug-likeness (QED) is 0.700. The molecule has 0 saturated carbocycles. The summed E-state index contributed by atoms with van der Waals surface area (Å²) in [4.78, 5) is 4.87. The van der Waals surface area contributed by atoms with E-state index in [0.717, 1.165) is 17.9 Å². The Balaban J connectivity index is 2.52. The SMILES string of the molecule is CCCOc1ccc(S)cn1. The zero-order valence-corrected chi connectivity index (χ0v) is 7.34. The molecule has 0 spiro atoms. The molecule has 0 unspecified atom stereocenters. The second-order valence-corrected chi connectivity index (χ2v) is 2.72. The maximum absolute atomic E-state index is 5.27. The van der Waals surface area contributed by atoms with E-state index in [2.05, 4.69) is 24.5 Å². The van der Waals surface area contributed by atoms with Crippen molar-refractivity contribution in [2.75, 3.05) is 6.61 Å². The second kappa shape index (κ2) is 4.23. The van der Waals surface area contributed by atoms with Crippen molar-refractivity contribution in [3.05, 3.63) is 18.3 Å². The number of rotatable bonds is 3. The molecule has 0 N–H and O–H groups in total. The summed E-state index contributed by atoms with van der Waals surface area (Å²) >= 11 is 4.10. The highest BCUT2D eigenvalue weighted by Gasteiger charge is 1.91. The molecule has 60 valence electrons. The van der Waals surface area contributed by atoms with Crippen LogP contribution in [0, 0.1) is 0 Å². The smallest absolute Gasteiger partial charge is 0.213 e. The Kier molecular flexibility index (Phi) is 3.23. The third-order valence-electron chi connectivity index (χ3n) is 1.17. The summed E-state index contributed by atoms with van der Waals surface area (Å²) in [6, 6.07) is 3.68. The Bertz CT molecular complexity index is 210. The van der Waals surface area contributed by atoms with E-state index in [4.69, 9.17) is 4.74 Å². The fraction of sp³-hybridized carbons (Fsp3) is 0.375. The van der Waals surface area contributed by atoms with Crippen LogP contribution in [0.15, 0.2) is 23.2 Å². The number of ether oxygens (including phenoxy) is 1. The van der Waals surface area contributed by atoms with Crippen molar-refractivity contribution in [2.24, 2.45) is 0 Å². The predicted octanol–water partition coefficient (Wildman–Crippen LogP) is 2.16. The van der Waals surface area contributed by atoms with Crippen LogP contribution in [0.25, 0.3) is 0 Å². The van der Waals surface area contributed by atoms with Gasteiger partial charge in [-0.25, -0.2) is 4.98 Å². The van der Waals surface area contributed by atoms with Gasteiger partial charge < -0.3 is 4.74 Å². The minimum atomic E-state index is 0.671. The fourth-order valence-electron chi connectivity index (χ4n) is 0.665. The normalized spacial score (nSPS) is 9.64. The Morgan fingerprint density at radius 1 is 1.55 bits per heavy atom. The first-order chi connectivity index (χ1) is 5.33. The molecule has 0 radical (unpaired) electrons. The summed E-state index contributed by atoms with van der Waals surface area (Å²) in [6.45, 7) is 2.78. The Hall–Kier alpha value is -0.700. The minimum absolute atomic E-state index is 0.671. The monoisotopic (exact) mass is 169 g/mol. The molecular weight excluding hydrogens is 158 g/mol. The van der Waals surface area contributed by atoms with Crippen LogP contribution in [-0.2, 0) is 0 Å². The predicted molar refractivity (Wildman–Crippen MR) is 47.3 cm³/mol. The molecular formula is C8H11NOS. The largest absolute Gasteiger partial charge is 0.478 e. The maximum atomic E-state index is 5.27. The number of nitrogens with zero attached hydrogens (tertiary/aromatic N) is 1. The van der Waals surface area contributed by atoms with Crippen LogP contribution in [-0.4, -0.2) is 11.6 Å². The van der Waals surface area contributed by atoms with Gasteiger partial charge in [0.1, 0.15) is 0 Å². The molecule has 1 aromatic rings. The molecule has 0 bridgehead atoms. The Morgan fingerprint density at radius 2 is 2.36 bits per heavy atom. The third kappa shape index (κ3) is 2.80. The van der Waals surface area contributed by atoms with Gasteiger partial charge in [-0.2, -0.15) is 0 Å². The second-order valence-electron chi connectivity index (χ2n) is 2.20. The van der Waals surface area contributed by atoms with Gasteiger partial charge in [0.2, 0.25) is 5.88 Å². The van der Waals surface area contributed by atoms with Crippen LogP contribution in [0.1, 0.15) is 13.3 Å². The maximum Gasteiger partial charge on any atom is 0.213 e. The molecule has 0 atom stereocenters. The lowest BCUT2D eigenvalue weighted by atomic mass is 10.5. The van der Waals surface area contributed by atoms with Gasteiger partial charge in [-0.1, -0.05) is 6.92 Å². The molecule has 0 fully saturated rings. The summed E-state index contributed by atoms with van der Waals surface area (Å²) in [5.74, 6) is 0.671. The molecule has 0 saturated heterocycles. The molecule has 0 aliphatic heterocycles. The van der Waals surface area contributed by atoms with Crippen molar-refractivity contribution in [2.45, 2.75) is 18.2 Å². The summed E-state index contributed by atoms with van der Waals surface area (Å²) < 4.78 is 5.27. The first-order valence-corrected chi connectivity index (χ1v) is 4.05. The highest BCUT2D eigenvalue weighted by Crippen LogP contribution is 2.09. The molecule has 3 heteroatoms. The molecule has 1 heterocycles. The number of hydrogen-bond donors (Lipinski definition) is 1. The van der Waals surface area contributed by atoms with Crippen molar-refractivity contribution in [3.8, 4) is 5.88 Å². The van der Waals surface area contributed by atoms with E-state index in [1.807, 2.05) is 12.1 Å². The number of thiol groups is 1. The van der Waals surface area contributed by atoms with Crippen molar-refractivity contribution in [1.82, 2.24) is 4.98 Å². The van der Waals surface area contributed by atoms with E-state index in [1.165, 1.54) is 0 Å². The zero-order valence-electron chi connectivity index (χ0n) is 6.45. The van der Waals surface area contributed by atoms with Gasteiger partial charge in [-0.3, -0.25) is 0 Å². The first kappa shape index (κ1) is 8.40. The fourth-order valence-corrected chi connectivity index (χ4v) is 0.797. The highest BCUT2D eigenvalue weighted by molar-refractivity contribution is 7.80. The van der Waals surface area contributed by atoms with Gasteiger partial charge >= 0.3 is 0 Å². The molecule has 11 heavy (non-hydrogen) atoms. The molecule has 2 nitrogen and oxygen atoms in total. The first-order valence-electron chi connectivity index (χ1n) is 3.60. The van der Waals surface area contributed by atoms with Crippen molar-refractivity contribution in [3.63, 3.8) is 0 Å². The van der Waals surface area contributed by atoms with Crippen LogP contribution in [0.3, 0.4) is 0 Å². The number of aromatic nitrogens is 1. The number of pyridine rings is 1. The lowest BCUT2D eigenvalue weighted by Gasteiger charge is -2.01. The average Bonchev–Trinajstić information content (AvgIpc) is 2.04. The van der Waals surface area contributed by atoms with Gasteiger partial charge in [0, 0.05) is 17.2 Å². The van der Waals surface area contributed by atoms with Crippen LogP contribution in [0.2, 0.25) is 0 Å². The number of hydrogen-bond acceptors (Lipinski definition) is 3. The molecule has 0 amide bonds. The van der Waals surface area contributed by atoms with Gasteiger partial charge in [0.15, 0.2) is 0 Å². The van der Waals surface area contributed by atoms with E-state index < -0.39 is 0 Å². The summed E-state index contributed by atoms with van der Waals surface area (Å²) in [5, 5.41) is 0. The third-order valence-corrected chi connectivity index (χ3v) is 1.44. The molecule has 1 aromatic heterocycles. The molecule has 0 aliphatic carbocycles. The highest BCUT2D eigenvalue weighted by atomic mass is 32.1. The minimum Gasteiger partial charge on any atom is -0.478 e. The van der Waals surface area contributed by atoms with Gasteiger partial charge in [-0.05, 0) is 12.5 Å². The van der Waals surface area contributed by atoms with Gasteiger partial charge in [0.05, 0.1) is 6.61 Å². The molecule has 0 aromatic carbocycles. The van der Waals surface area contributed by atoms with Crippen LogP contribution in [0.5, 0.6) is 5.88 Å². The lowest BCUT2D eigenvalue weighted by molar-refractivity contribution is 0.305. The summed E-state index contributed by atoms with van der Waals surface area (Å²) in [6.07, 6.45) is 2.68. The molecule has 0 aliphatic rings. The van der Waals surface area contributed by atoms with E-state index in [1.54, 1.807) is 6.20 Å². The van der Waals surface area contributed by atoms with E-state index in [-0.39, 0.29) is 0 Å². The van der Waals surface area contributed by atoms with Crippen LogP contribution < -0.4 is 4.74 Å². The van der Waals surface area contributed by atoms with Gasteiger partial charge in [-0.15, -0.1) is 12.6 Å². The van der Waals surface area contributed by atoms with Crippen molar-refractivity contribution >= 4 is 12.6 Å². The van der Waals surface area contributed by atoms with E-state index >= 15 is 0 Å². The van der Waals surface area contributed by atoms with E-state index in [0.29, 0.717) is 5.88 Å². The molecule has 1 rings (SSSR count). The van der Waals surface area contributed by atoms with Crippen molar-refractivity contribution < 1.29 is 4.74 Å². The van der Waals surface area contributed by atoms with E-state index in [9.17, 15) is 0 Å². The zero-order chi connectivity index (χ0) is 8.10. The average molecular weight is 169 g/mol.